The fourth-order valence-electron chi connectivity index (χ4n) is 6.42. The standard InChI is InChI=1S/C30H27N3O8S2/c1-39-26(34)21-16-30-19-12-7-8-13-20(19)32(17-18-10-5-4-6-11-18)25(30)23(27(35)40-2)24(28(36)41-3)31-29(30)33(21)43(37,38)22-14-9-15-42-22/h4-15,21,25H,16-17H2,1-3H3/t21-,25-,30-/m0/s1. The molecular weight excluding hydrogens is 594 g/mol. The second kappa shape index (κ2) is 10.7. The van der Waals surface area contributed by atoms with Crippen LogP contribution < -0.4 is 4.90 Å². The van der Waals surface area contributed by atoms with E-state index in [0.29, 0.717) is 11.3 Å². The molecule has 0 radical (unpaired) electrons. The third-order valence-electron chi connectivity index (χ3n) is 8.09. The smallest absolute Gasteiger partial charge is 0.357 e. The summed E-state index contributed by atoms with van der Waals surface area (Å²) >= 11 is 0.984. The maximum Gasteiger partial charge on any atom is 0.357 e. The van der Waals surface area contributed by atoms with Gasteiger partial charge in [-0.2, -0.15) is 0 Å². The first kappa shape index (κ1) is 28.6. The molecule has 1 fully saturated rings. The number of sulfonamides is 1. The molecular formula is C30H27N3O8S2. The molecule has 11 nitrogen and oxygen atoms in total. The predicted octanol–water partition coefficient (Wildman–Crippen LogP) is 3.02. The lowest BCUT2D eigenvalue weighted by atomic mass is 9.69. The monoisotopic (exact) mass is 621 g/mol. The number of ether oxygens (including phenoxy) is 3. The van der Waals surface area contributed by atoms with Crippen molar-refractivity contribution in [3.8, 4) is 0 Å². The molecule has 3 aliphatic heterocycles. The number of aliphatic imine (C=N–C) groups is 1. The Labute approximate surface area is 252 Å². The topological polar surface area (TPSA) is 132 Å². The Bertz CT molecular complexity index is 1790. The minimum absolute atomic E-state index is 0.0208. The Morgan fingerprint density at radius 2 is 1.63 bits per heavy atom. The van der Waals surface area contributed by atoms with Crippen molar-refractivity contribution < 1.29 is 37.0 Å². The largest absolute Gasteiger partial charge is 0.467 e. The molecule has 2 aromatic carbocycles. The summed E-state index contributed by atoms with van der Waals surface area (Å²) in [6.45, 7) is 0.285. The fourth-order valence-corrected chi connectivity index (χ4v) is 9.13. The van der Waals surface area contributed by atoms with Gasteiger partial charge in [-0.1, -0.05) is 54.6 Å². The number of rotatable bonds is 7. The van der Waals surface area contributed by atoms with E-state index >= 15 is 0 Å². The van der Waals surface area contributed by atoms with Gasteiger partial charge in [-0.15, -0.1) is 11.3 Å². The average Bonchev–Trinajstić information content (AvgIpc) is 3.76. The van der Waals surface area contributed by atoms with Gasteiger partial charge in [0.2, 0.25) is 0 Å². The van der Waals surface area contributed by atoms with Crippen LogP contribution in [-0.4, -0.2) is 69.9 Å². The fraction of sp³-hybridized carbons (Fsp3) is 0.267. The number of thiophene rings is 1. The zero-order valence-corrected chi connectivity index (χ0v) is 25.1. The van der Waals surface area contributed by atoms with Crippen molar-refractivity contribution in [1.29, 1.82) is 0 Å². The number of hydrogen-bond donors (Lipinski definition) is 0. The molecule has 43 heavy (non-hydrogen) atoms. The summed E-state index contributed by atoms with van der Waals surface area (Å²) in [5.74, 6) is -2.65. The molecule has 222 valence electrons. The van der Waals surface area contributed by atoms with Gasteiger partial charge in [0.05, 0.1) is 38.4 Å². The van der Waals surface area contributed by atoms with Crippen molar-refractivity contribution in [2.75, 3.05) is 26.2 Å². The van der Waals surface area contributed by atoms with Crippen LogP contribution in [0.25, 0.3) is 0 Å². The minimum Gasteiger partial charge on any atom is -0.467 e. The molecule has 0 N–H and O–H groups in total. The quantitative estimate of drug-likeness (QED) is 0.289. The van der Waals surface area contributed by atoms with Crippen LogP contribution in [0.2, 0.25) is 0 Å². The molecule has 1 aromatic heterocycles. The number of hydrogen-bond acceptors (Lipinski definition) is 11. The van der Waals surface area contributed by atoms with Gasteiger partial charge in [0.1, 0.15) is 16.1 Å². The maximum atomic E-state index is 14.3. The van der Waals surface area contributed by atoms with Crippen LogP contribution in [0.15, 0.2) is 92.6 Å². The number of anilines is 1. The number of fused-ring (bicyclic) bond motifs is 1. The van der Waals surface area contributed by atoms with Crippen molar-refractivity contribution in [3.05, 3.63) is 94.5 Å². The number of methoxy groups -OCH3 is 3. The van der Waals surface area contributed by atoms with Crippen molar-refractivity contribution in [2.45, 2.75) is 34.7 Å². The van der Waals surface area contributed by atoms with E-state index in [0.717, 1.165) is 28.3 Å². The Morgan fingerprint density at radius 1 is 0.930 bits per heavy atom. The Balaban J connectivity index is 1.70. The zero-order valence-electron chi connectivity index (χ0n) is 23.4. The van der Waals surface area contributed by atoms with Gasteiger partial charge < -0.3 is 19.1 Å². The van der Waals surface area contributed by atoms with Crippen LogP contribution in [-0.2, 0) is 50.6 Å². The normalized spacial score (nSPS) is 22.3. The molecule has 0 unspecified atom stereocenters. The van der Waals surface area contributed by atoms with Gasteiger partial charge in [0, 0.05) is 12.2 Å². The molecule has 0 aliphatic carbocycles. The van der Waals surface area contributed by atoms with E-state index in [1.165, 1.54) is 20.3 Å². The van der Waals surface area contributed by atoms with E-state index in [2.05, 4.69) is 4.99 Å². The third-order valence-corrected chi connectivity index (χ3v) is 11.3. The second-order valence-electron chi connectivity index (χ2n) is 10.2. The molecule has 3 atom stereocenters. The van der Waals surface area contributed by atoms with Gasteiger partial charge in [0.15, 0.2) is 5.70 Å². The average molecular weight is 622 g/mol. The second-order valence-corrected chi connectivity index (χ2v) is 13.2. The molecule has 3 aliphatic rings. The van der Waals surface area contributed by atoms with Crippen molar-refractivity contribution in [2.24, 2.45) is 4.99 Å². The predicted molar refractivity (Wildman–Crippen MR) is 157 cm³/mol. The number of carbonyl (C=O) groups is 3. The maximum absolute atomic E-state index is 14.3. The van der Waals surface area contributed by atoms with Crippen LogP contribution >= 0.6 is 11.3 Å². The minimum atomic E-state index is -4.38. The highest BCUT2D eigenvalue weighted by molar-refractivity contribution is 7.91. The molecule has 13 heteroatoms. The van der Waals surface area contributed by atoms with Crippen LogP contribution in [0.5, 0.6) is 0 Å². The van der Waals surface area contributed by atoms with E-state index in [9.17, 15) is 22.8 Å². The molecule has 0 amide bonds. The Hall–Kier alpha value is -4.49. The van der Waals surface area contributed by atoms with E-state index in [-0.39, 0.29) is 28.6 Å². The number of amidine groups is 1. The molecule has 0 saturated carbocycles. The number of carbonyl (C=O) groups excluding carboxylic acids is 3. The molecule has 0 bridgehead atoms. The van der Waals surface area contributed by atoms with E-state index in [4.69, 9.17) is 14.2 Å². The number of nitrogens with zero attached hydrogens (tertiary/aromatic N) is 3. The summed E-state index contributed by atoms with van der Waals surface area (Å²) in [6, 6.07) is 17.5. The van der Waals surface area contributed by atoms with Crippen molar-refractivity contribution in [1.82, 2.24) is 4.31 Å². The first-order valence-electron chi connectivity index (χ1n) is 13.3. The molecule has 1 saturated heterocycles. The highest BCUT2D eigenvalue weighted by atomic mass is 32.2. The van der Waals surface area contributed by atoms with E-state index in [1.54, 1.807) is 17.5 Å². The first-order valence-corrected chi connectivity index (χ1v) is 15.6. The number of benzene rings is 2. The summed E-state index contributed by atoms with van der Waals surface area (Å²) in [5.41, 5.74) is 0.383. The summed E-state index contributed by atoms with van der Waals surface area (Å²) in [5, 5.41) is 1.61. The Kier molecular flexibility index (Phi) is 7.09. The number of esters is 3. The van der Waals surface area contributed by atoms with E-state index < -0.39 is 51.1 Å². The van der Waals surface area contributed by atoms with E-state index in [1.807, 2.05) is 53.4 Å². The van der Waals surface area contributed by atoms with Crippen molar-refractivity contribution in [3.63, 3.8) is 0 Å². The lowest BCUT2D eigenvalue weighted by Crippen LogP contribution is -2.55. The first-order chi connectivity index (χ1) is 20.7. The third kappa shape index (κ3) is 4.17. The summed E-state index contributed by atoms with van der Waals surface area (Å²) in [6.07, 6.45) is -0.106. The molecule has 1 spiro atoms. The summed E-state index contributed by atoms with van der Waals surface area (Å²) < 4.78 is 44.8. The van der Waals surface area contributed by atoms with Crippen molar-refractivity contribution >= 4 is 50.8 Å². The van der Waals surface area contributed by atoms with Gasteiger partial charge in [-0.3, -0.25) is 0 Å². The highest BCUT2D eigenvalue weighted by Crippen LogP contribution is 2.59. The Morgan fingerprint density at radius 3 is 2.28 bits per heavy atom. The van der Waals surface area contributed by atoms with Crippen LogP contribution in [0.1, 0.15) is 17.5 Å². The van der Waals surface area contributed by atoms with Crippen LogP contribution in [0.4, 0.5) is 5.69 Å². The highest BCUT2D eigenvalue weighted by Gasteiger charge is 2.68. The van der Waals surface area contributed by atoms with Gasteiger partial charge in [-0.05, 0) is 35.1 Å². The summed E-state index contributed by atoms with van der Waals surface area (Å²) in [7, 11) is -0.865. The SMILES string of the molecule is COC(=O)C1=C(C(=O)OC)[C@@H]2N(Cc3ccccc3)c3ccccc3[C@@]23C[C@@H](C(=O)OC)N(S(=O)(=O)c2cccs2)C3=N1. The van der Waals surface area contributed by atoms with Crippen LogP contribution in [0.3, 0.4) is 0 Å². The molecule has 3 aromatic rings. The zero-order chi connectivity index (χ0) is 30.5. The molecule has 6 rings (SSSR count). The van der Waals surface area contributed by atoms with Gasteiger partial charge in [0.25, 0.3) is 10.0 Å². The number of para-hydroxylation sites is 1. The molecule has 4 heterocycles. The summed E-state index contributed by atoms with van der Waals surface area (Å²) in [4.78, 5) is 46.8. The van der Waals surface area contributed by atoms with Crippen LogP contribution in [0, 0.1) is 0 Å². The lowest BCUT2D eigenvalue weighted by Gasteiger charge is -2.40. The lowest BCUT2D eigenvalue weighted by molar-refractivity contribution is -0.144. The van der Waals surface area contributed by atoms with Gasteiger partial charge in [-0.25, -0.2) is 32.1 Å². The van der Waals surface area contributed by atoms with Gasteiger partial charge >= 0.3 is 17.9 Å².